The number of halogens is 1. The van der Waals surface area contributed by atoms with Crippen molar-refractivity contribution in [3.8, 4) is 0 Å². The lowest BCUT2D eigenvalue weighted by Gasteiger charge is -2.39. The predicted octanol–water partition coefficient (Wildman–Crippen LogP) is 4.13. The van der Waals surface area contributed by atoms with Crippen LogP contribution in [-0.4, -0.2) is 94.4 Å². The van der Waals surface area contributed by atoms with Crippen molar-refractivity contribution in [2.75, 3.05) is 42.9 Å². The van der Waals surface area contributed by atoms with Gasteiger partial charge in [-0.3, -0.25) is 29.0 Å². The second-order valence-electron chi connectivity index (χ2n) is 14.5. The van der Waals surface area contributed by atoms with Crippen LogP contribution in [0.25, 0.3) is 10.9 Å². The Labute approximate surface area is 340 Å². The fraction of sp³-hybridized carbons (Fsp3) is 0.463. The number of aliphatic imine (C=N–C) groups is 1. The number of carbonyl (C=O) groups excluding carboxylic acids is 4. The minimum absolute atomic E-state index is 0.0177. The van der Waals surface area contributed by atoms with Crippen molar-refractivity contribution in [2.24, 2.45) is 27.8 Å². The molecule has 0 radical (unpaired) electrons. The third-order valence-electron chi connectivity index (χ3n) is 10.7. The standard InChI is InChI=1S/C40H50FN7O8.CH2O2/c1-3-7-33(49)40(13-6-14-40)34(50)20-26(8-5-15-44-38(42)43)36(52)45-27-11-9-25(10-12-27)24-56-39(55)48-18-16-47(17-19-48)32-22-31-28(21-30(32)41)35(51)29(37(53)54)23-46(31)4-2;2-1-3/h9-12,21-23,26H,3-8,13-20,24H2,1-2H3,(H,45,52)(H,53,54)(H4,42,43,44);1H,(H,2,3)/t26-;/m1./s1. The SMILES string of the molecule is CCCC(=O)C1(C(=O)C[C@@H](CCCN=C(N)N)C(=O)Nc2ccc(COC(=O)N3CCN(c4cc5c(cc4F)c(=O)c(C(=O)O)cn5CC)CC3)cc2)CCC1.O=CO. The van der Waals surface area contributed by atoms with Gasteiger partial charge in [0.25, 0.3) is 6.47 Å². The van der Waals surface area contributed by atoms with Crippen molar-refractivity contribution in [3.05, 3.63) is 69.8 Å². The van der Waals surface area contributed by atoms with Crippen molar-refractivity contribution >= 4 is 64.2 Å². The van der Waals surface area contributed by atoms with Crippen molar-refractivity contribution < 1.29 is 48.1 Å². The van der Waals surface area contributed by atoms with Crippen LogP contribution in [0.5, 0.6) is 0 Å². The minimum Gasteiger partial charge on any atom is -0.483 e. The topological polar surface area (TPSA) is 257 Å². The number of aryl methyl sites for hydroxylation is 1. The van der Waals surface area contributed by atoms with Crippen molar-refractivity contribution in [1.82, 2.24) is 9.47 Å². The highest BCUT2D eigenvalue weighted by atomic mass is 19.1. The lowest BCUT2D eigenvalue weighted by Crippen LogP contribution is -2.49. The van der Waals surface area contributed by atoms with Gasteiger partial charge in [0.1, 0.15) is 29.6 Å². The van der Waals surface area contributed by atoms with Gasteiger partial charge in [-0.1, -0.05) is 25.5 Å². The lowest BCUT2D eigenvalue weighted by molar-refractivity contribution is -0.148. The molecule has 2 aliphatic rings. The summed E-state index contributed by atoms with van der Waals surface area (Å²) in [7, 11) is 0. The Bertz CT molecular complexity index is 2110. The lowest BCUT2D eigenvalue weighted by atomic mass is 9.61. The molecule has 2 aromatic carbocycles. The summed E-state index contributed by atoms with van der Waals surface area (Å²) in [4.78, 5) is 92.8. The number of carbonyl (C=O) groups is 6. The quantitative estimate of drug-likeness (QED) is 0.0423. The number of carboxylic acids is 1. The Morgan fingerprint density at radius 1 is 1.03 bits per heavy atom. The van der Waals surface area contributed by atoms with Crippen molar-refractivity contribution in [1.29, 1.82) is 0 Å². The zero-order valence-corrected chi connectivity index (χ0v) is 33.3. The molecule has 1 atom stereocenters. The largest absolute Gasteiger partial charge is 0.483 e. The first-order chi connectivity index (χ1) is 28.2. The number of amides is 2. The van der Waals surface area contributed by atoms with Gasteiger partial charge in [-0.05, 0) is 68.9 Å². The summed E-state index contributed by atoms with van der Waals surface area (Å²) in [5, 5.41) is 19.2. The highest BCUT2D eigenvalue weighted by molar-refractivity contribution is 6.09. The number of hydrogen-bond donors (Lipinski definition) is 5. The molecule has 318 valence electrons. The maximum absolute atomic E-state index is 15.3. The number of guanidine groups is 1. The van der Waals surface area contributed by atoms with Gasteiger partial charge in [-0.2, -0.15) is 0 Å². The molecule has 2 fully saturated rings. The summed E-state index contributed by atoms with van der Waals surface area (Å²) in [5.74, 6) is -3.38. The van der Waals surface area contributed by atoms with Gasteiger partial charge in [-0.15, -0.1) is 0 Å². The van der Waals surface area contributed by atoms with E-state index < -0.39 is 40.2 Å². The fourth-order valence-electron chi connectivity index (χ4n) is 7.35. The highest BCUT2D eigenvalue weighted by Gasteiger charge is 2.49. The first-order valence-corrected chi connectivity index (χ1v) is 19.6. The predicted molar refractivity (Wildman–Crippen MR) is 218 cm³/mol. The molecule has 2 amide bonds. The molecule has 2 heterocycles. The summed E-state index contributed by atoms with van der Waals surface area (Å²) < 4.78 is 22.4. The number of benzene rings is 2. The maximum atomic E-state index is 15.3. The highest BCUT2D eigenvalue weighted by Crippen LogP contribution is 2.45. The number of pyridine rings is 1. The molecule has 1 aliphatic carbocycles. The normalized spacial score (nSPS) is 14.8. The Hall–Kier alpha value is -6.33. The van der Waals surface area contributed by atoms with Gasteiger partial charge < -0.3 is 46.1 Å². The Morgan fingerprint density at radius 3 is 2.25 bits per heavy atom. The Morgan fingerprint density at radius 2 is 1.69 bits per heavy atom. The van der Waals surface area contributed by atoms with Gasteiger partial charge in [0.05, 0.1) is 16.6 Å². The van der Waals surface area contributed by atoms with E-state index in [2.05, 4.69) is 10.3 Å². The second kappa shape index (κ2) is 20.9. The summed E-state index contributed by atoms with van der Waals surface area (Å²) >= 11 is 0. The number of carboxylic acid groups (broad SMARTS) is 2. The van der Waals surface area contributed by atoms with Crippen LogP contribution in [0.1, 0.15) is 81.1 Å². The van der Waals surface area contributed by atoms with Gasteiger partial charge in [0.15, 0.2) is 5.96 Å². The van der Waals surface area contributed by atoms with E-state index in [0.717, 1.165) is 12.5 Å². The number of Topliss-reactive ketones (excluding diaryl/α,β-unsaturated/α-hetero) is 2. The van der Waals surface area contributed by atoms with Crippen LogP contribution in [0.15, 0.2) is 52.4 Å². The molecule has 0 unspecified atom stereocenters. The molecule has 1 aromatic heterocycles. The molecular formula is C41H52FN7O10. The number of nitrogens with two attached hydrogens (primary N) is 2. The number of ether oxygens (including phenoxy) is 1. The Balaban J connectivity index is 0.00000248. The van der Waals surface area contributed by atoms with E-state index in [-0.39, 0.29) is 67.1 Å². The molecule has 7 N–H and O–H groups in total. The molecule has 0 spiro atoms. The van der Waals surface area contributed by atoms with Crippen molar-refractivity contribution in [3.63, 3.8) is 0 Å². The second-order valence-corrected chi connectivity index (χ2v) is 14.5. The van der Waals surface area contributed by atoms with Gasteiger partial charge >= 0.3 is 12.1 Å². The molecular weight excluding hydrogens is 769 g/mol. The number of aromatic nitrogens is 1. The number of nitrogens with zero attached hydrogens (tertiary/aromatic N) is 4. The zero-order chi connectivity index (χ0) is 43.3. The van der Waals surface area contributed by atoms with E-state index in [0.29, 0.717) is 81.5 Å². The van der Waals surface area contributed by atoms with E-state index in [4.69, 9.17) is 26.1 Å². The number of fused-ring (bicyclic) bond motifs is 1. The number of nitrogens with one attached hydrogen (secondary N) is 1. The maximum Gasteiger partial charge on any atom is 0.410 e. The minimum atomic E-state index is -1.38. The fourth-order valence-corrected chi connectivity index (χ4v) is 7.35. The number of piperazine rings is 1. The third kappa shape index (κ3) is 11.2. The van der Waals surface area contributed by atoms with Crippen LogP contribution >= 0.6 is 0 Å². The van der Waals surface area contributed by atoms with Crippen LogP contribution in [0.3, 0.4) is 0 Å². The number of ketones is 2. The van der Waals surface area contributed by atoms with Gasteiger partial charge in [-0.25, -0.2) is 14.0 Å². The van der Waals surface area contributed by atoms with Crippen LogP contribution in [0.4, 0.5) is 20.6 Å². The first-order valence-electron chi connectivity index (χ1n) is 19.6. The monoisotopic (exact) mass is 821 g/mol. The molecule has 1 saturated heterocycles. The number of anilines is 2. The summed E-state index contributed by atoms with van der Waals surface area (Å²) in [6, 6.07) is 9.39. The van der Waals surface area contributed by atoms with E-state index in [1.54, 1.807) is 40.7 Å². The van der Waals surface area contributed by atoms with Crippen LogP contribution in [-0.2, 0) is 37.1 Å². The van der Waals surface area contributed by atoms with E-state index >= 15 is 4.39 Å². The number of hydrogen-bond acceptors (Lipinski definition) is 10. The van der Waals surface area contributed by atoms with E-state index in [1.165, 1.54) is 17.2 Å². The molecule has 17 nitrogen and oxygen atoms in total. The molecule has 18 heteroatoms. The number of aromatic carboxylic acids is 1. The smallest absolute Gasteiger partial charge is 0.410 e. The third-order valence-corrected chi connectivity index (χ3v) is 10.7. The molecule has 0 bridgehead atoms. The molecule has 59 heavy (non-hydrogen) atoms. The molecule has 1 aliphatic heterocycles. The Kier molecular flexibility index (Phi) is 16.1. The summed E-state index contributed by atoms with van der Waals surface area (Å²) in [6.45, 7) is 5.19. The summed E-state index contributed by atoms with van der Waals surface area (Å²) in [6.07, 6.45) is 4.32. The van der Waals surface area contributed by atoms with Crippen molar-refractivity contribution in [2.45, 2.75) is 78.4 Å². The average molecular weight is 822 g/mol. The molecule has 3 aromatic rings. The zero-order valence-electron chi connectivity index (χ0n) is 33.3. The van der Waals surface area contributed by atoms with Gasteiger partial charge in [0, 0.05) is 75.3 Å². The van der Waals surface area contributed by atoms with Crippen LogP contribution < -0.4 is 27.1 Å². The molecule has 5 rings (SSSR count). The van der Waals surface area contributed by atoms with E-state index in [9.17, 15) is 33.9 Å². The first kappa shape index (κ1) is 45.4. The van der Waals surface area contributed by atoms with E-state index in [1.807, 2.05) is 6.92 Å². The van der Waals surface area contributed by atoms with Crippen LogP contribution in [0, 0.1) is 17.2 Å². The summed E-state index contributed by atoms with van der Waals surface area (Å²) in [5.41, 5.74) is 10.5. The number of rotatable bonds is 17. The molecule has 1 saturated carbocycles. The van der Waals surface area contributed by atoms with Crippen LogP contribution in [0.2, 0.25) is 0 Å². The van der Waals surface area contributed by atoms with Gasteiger partial charge in [0.2, 0.25) is 11.3 Å². The average Bonchev–Trinajstić information content (AvgIpc) is 3.18.